The zero-order valence-corrected chi connectivity index (χ0v) is 11.4. The maximum atomic E-state index is 12.1. The first-order valence-electron chi connectivity index (χ1n) is 3.98. The summed E-state index contributed by atoms with van der Waals surface area (Å²) in [4.78, 5) is 3.70. The molecule has 0 atom stereocenters. The zero-order chi connectivity index (χ0) is 12.3. The number of aliphatic hydroxyl groups is 1. The lowest BCUT2D eigenvalue weighted by Crippen LogP contribution is -2.20. The Morgan fingerprint density at radius 3 is 2.56 bits per heavy atom. The molecule has 0 aliphatic rings. The molecule has 1 N–H and O–H groups in total. The molecule has 0 aliphatic heterocycles. The third kappa shape index (κ3) is 3.45. The Morgan fingerprint density at radius 1 is 1.50 bits per heavy atom. The molecular weight excluding hydrogens is 406 g/mol. The van der Waals surface area contributed by atoms with Crippen molar-refractivity contribution in [2.75, 3.05) is 0 Å². The summed E-state index contributed by atoms with van der Waals surface area (Å²) in [5.41, 5.74) is 0.434. The molecule has 90 valence electrons. The molecule has 0 aliphatic carbocycles. The quantitative estimate of drug-likeness (QED) is 0.614. The first-order valence-corrected chi connectivity index (χ1v) is 6.18. The number of halogens is 5. The van der Waals surface area contributed by atoms with Gasteiger partial charge in [0.05, 0.1) is 10.2 Å². The minimum Gasteiger partial charge on any atom is -0.403 e. The Kier molecular flexibility index (Phi) is 4.80. The highest BCUT2D eigenvalue weighted by molar-refractivity contribution is 14.1. The van der Waals surface area contributed by atoms with Crippen molar-refractivity contribution in [3.05, 3.63) is 21.0 Å². The number of ether oxygens (including phenoxy) is 1. The maximum absolute atomic E-state index is 12.1. The number of rotatable bonds is 3. The van der Waals surface area contributed by atoms with Crippen molar-refractivity contribution >= 4 is 38.5 Å². The van der Waals surface area contributed by atoms with Gasteiger partial charge in [0.1, 0.15) is 5.69 Å². The number of aromatic nitrogens is 1. The minimum absolute atomic E-state index is 0.133. The molecule has 0 fully saturated rings. The molecule has 1 aromatic heterocycles. The second kappa shape index (κ2) is 5.50. The molecule has 0 amide bonds. The van der Waals surface area contributed by atoms with Crippen LogP contribution in [0.15, 0.2) is 6.20 Å². The molecule has 3 nitrogen and oxygen atoms in total. The van der Waals surface area contributed by atoms with Crippen molar-refractivity contribution in [3.8, 4) is 5.75 Å². The molecular formula is C8H6BrF3INO2. The molecule has 0 radical (unpaired) electrons. The Balaban J connectivity index is 3.21. The van der Waals surface area contributed by atoms with E-state index in [-0.39, 0.29) is 9.26 Å². The van der Waals surface area contributed by atoms with Gasteiger partial charge in [0.15, 0.2) is 5.75 Å². The highest BCUT2D eigenvalue weighted by Crippen LogP contribution is 2.32. The summed E-state index contributed by atoms with van der Waals surface area (Å²) in [7, 11) is 0. The molecule has 0 spiro atoms. The van der Waals surface area contributed by atoms with Crippen LogP contribution in [-0.4, -0.2) is 16.5 Å². The topological polar surface area (TPSA) is 42.4 Å². The largest absolute Gasteiger partial charge is 0.573 e. The predicted octanol–water partition coefficient (Wildman–Crippen LogP) is 2.97. The Morgan fingerprint density at radius 2 is 2.12 bits per heavy atom. The van der Waals surface area contributed by atoms with Crippen LogP contribution in [0.1, 0.15) is 11.3 Å². The molecule has 0 unspecified atom stereocenters. The van der Waals surface area contributed by atoms with Crippen molar-refractivity contribution in [1.29, 1.82) is 0 Å². The van der Waals surface area contributed by atoms with E-state index in [0.717, 1.165) is 0 Å². The van der Waals surface area contributed by atoms with Gasteiger partial charge in [-0.3, -0.25) is 4.98 Å². The average molecular weight is 412 g/mol. The summed E-state index contributed by atoms with van der Waals surface area (Å²) >= 11 is 4.85. The summed E-state index contributed by atoms with van der Waals surface area (Å²) in [6, 6.07) is 0. The highest BCUT2D eigenvalue weighted by Gasteiger charge is 2.33. The van der Waals surface area contributed by atoms with E-state index in [9.17, 15) is 13.2 Å². The van der Waals surface area contributed by atoms with Gasteiger partial charge in [-0.2, -0.15) is 0 Å². The van der Waals surface area contributed by atoms with Gasteiger partial charge < -0.3 is 9.84 Å². The average Bonchev–Trinajstić information content (AvgIpc) is 2.19. The van der Waals surface area contributed by atoms with Crippen LogP contribution in [0, 0.1) is 3.57 Å². The van der Waals surface area contributed by atoms with E-state index in [1.165, 1.54) is 6.20 Å². The summed E-state index contributed by atoms with van der Waals surface area (Å²) < 4.78 is 40.5. The fourth-order valence-electron chi connectivity index (χ4n) is 0.969. The van der Waals surface area contributed by atoms with Gasteiger partial charge in [-0.25, -0.2) is 0 Å². The molecule has 0 saturated heterocycles. The summed E-state index contributed by atoms with van der Waals surface area (Å²) in [5, 5.41) is 9.24. The lowest BCUT2D eigenvalue weighted by atomic mass is 10.2. The normalized spacial score (nSPS) is 11.6. The Labute approximate surface area is 111 Å². The van der Waals surface area contributed by atoms with Gasteiger partial charge >= 0.3 is 6.36 Å². The van der Waals surface area contributed by atoms with Gasteiger partial charge in [-0.1, -0.05) is 15.9 Å². The zero-order valence-electron chi connectivity index (χ0n) is 7.68. The fourth-order valence-corrected chi connectivity index (χ4v) is 2.67. The second-order valence-electron chi connectivity index (χ2n) is 2.71. The van der Waals surface area contributed by atoms with Gasteiger partial charge in [-0.05, 0) is 28.2 Å². The van der Waals surface area contributed by atoms with E-state index >= 15 is 0 Å². The van der Waals surface area contributed by atoms with Crippen LogP contribution < -0.4 is 4.74 Å². The van der Waals surface area contributed by atoms with E-state index < -0.39 is 18.7 Å². The number of alkyl halides is 4. The molecule has 1 aromatic rings. The molecule has 8 heteroatoms. The van der Waals surface area contributed by atoms with Crippen LogP contribution in [0.4, 0.5) is 13.2 Å². The van der Waals surface area contributed by atoms with Crippen LogP contribution in [0.5, 0.6) is 5.75 Å². The van der Waals surface area contributed by atoms with Gasteiger partial charge in [-0.15, -0.1) is 13.2 Å². The van der Waals surface area contributed by atoms with Crippen LogP contribution in [-0.2, 0) is 11.9 Å². The SMILES string of the molecule is OCc1ncc(CBr)c(I)c1OC(F)(F)F. The van der Waals surface area contributed by atoms with Crippen LogP contribution in [0.3, 0.4) is 0 Å². The second-order valence-corrected chi connectivity index (χ2v) is 4.35. The number of aliphatic hydroxyl groups excluding tert-OH is 1. The van der Waals surface area contributed by atoms with E-state index in [1.807, 2.05) is 0 Å². The van der Waals surface area contributed by atoms with Crippen LogP contribution >= 0.6 is 38.5 Å². The third-order valence-corrected chi connectivity index (χ3v) is 3.42. The van der Waals surface area contributed by atoms with E-state index in [1.54, 1.807) is 22.6 Å². The number of hydrogen-bond donors (Lipinski definition) is 1. The smallest absolute Gasteiger partial charge is 0.403 e. The van der Waals surface area contributed by atoms with Crippen molar-refractivity contribution in [2.24, 2.45) is 0 Å². The van der Waals surface area contributed by atoms with Gasteiger partial charge in [0, 0.05) is 11.5 Å². The Hall–Kier alpha value is -0.0900. The molecule has 16 heavy (non-hydrogen) atoms. The lowest BCUT2D eigenvalue weighted by molar-refractivity contribution is -0.275. The highest BCUT2D eigenvalue weighted by atomic mass is 127. The van der Waals surface area contributed by atoms with Crippen molar-refractivity contribution < 1.29 is 23.0 Å². The summed E-state index contributed by atoms with van der Waals surface area (Å²) in [5.74, 6) is -0.437. The lowest BCUT2D eigenvalue weighted by Gasteiger charge is -2.14. The first kappa shape index (κ1) is 14.0. The molecule has 0 aromatic carbocycles. The first-order chi connectivity index (χ1) is 7.39. The van der Waals surface area contributed by atoms with E-state index in [0.29, 0.717) is 10.9 Å². The molecule has 0 bridgehead atoms. The van der Waals surface area contributed by atoms with E-state index in [4.69, 9.17) is 5.11 Å². The standard InChI is InChI=1S/C8H6BrF3INO2/c9-1-4-2-14-5(3-15)7(6(4)13)16-8(10,11)12/h2,15H,1,3H2. The van der Waals surface area contributed by atoms with Gasteiger partial charge in [0.2, 0.25) is 0 Å². The minimum atomic E-state index is -4.80. The molecule has 0 saturated carbocycles. The summed E-state index contributed by atoms with van der Waals surface area (Å²) in [6.07, 6.45) is -3.40. The molecule has 1 heterocycles. The van der Waals surface area contributed by atoms with Crippen LogP contribution in [0.2, 0.25) is 0 Å². The summed E-state index contributed by atoms with van der Waals surface area (Å²) in [6.45, 7) is -0.607. The third-order valence-electron chi connectivity index (χ3n) is 1.63. The number of hydrogen-bond acceptors (Lipinski definition) is 3. The van der Waals surface area contributed by atoms with Crippen molar-refractivity contribution in [3.63, 3.8) is 0 Å². The van der Waals surface area contributed by atoms with E-state index in [2.05, 4.69) is 25.7 Å². The fraction of sp³-hybridized carbons (Fsp3) is 0.375. The van der Waals surface area contributed by atoms with Crippen LogP contribution in [0.25, 0.3) is 0 Å². The molecule has 1 rings (SSSR count). The number of pyridine rings is 1. The predicted molar refractivity (Wildman–Crippen MR) is 62.2 cm³/mol. The monoisotopic (exact) mass is 411 g/mol. The van der Waals surface area contributed by atoms with Crippen molar-refractivity contribution in [1.82, 2.24) is 4.98 Å². The number of nitrogens with zero attached hydrogens (tertiary/aromatic N) is 1. The Bertz CT molecular complexity index is 386. The van der Waals surface area contributed by atoms with Crippen molar-refractivity contribution in [2.45, 2.75) is 18.3 Å². The maximum Gasteiger partial charge on any atom is 0.573 e. The van der Waals surface area contributed by atoms with Gasteiger partial charge in [0.25, 0.3) is 0 Å².